The fraction of sp³-hybridized carbons (Fsp3) is 0.357. The number of fused-ring (bicyclic) bond motifs is 1. The maximum Gasteiger partial charge on any atom is 0.253 e. The molecule has 0 aliphatic rings. The summed E-state index contributed by atoms with van der Waals surface area (Å²) in [6.45, 7) is 3.37. The molecule has 18 heavy (non-hydrogen) atoms. The van der Waals surface area contributed by atoms with E-state index in [0.717, 1.165) is 28.7 Å². The molecule has 0 saturated carbocycles. The second-order valence-electron chi connectivity index (χ2n) is 4.91. The molecule has 4 heteroatoms. The van der Waals surface area contributed by atoms with E-state index in [2.05, 4.69) is 4.90 Å². The lowest BCUT2D eigenvalue weighted by Gasteiger charge is -2.15. The van der Waals surface area contributed by atoms with Crippen molar-refractivity contribution in [3.63, 3.8) is 0 Å². The molecule has 0 saturated heterocycles. The van der Waals surface area contributed by atoms with E-state index in [1.807, 2.05) is 49.9 Å². The van der Waals surface area contributed by atoms with Gasteiger partial charge < -0.3 is 15.2 Å². The van der Waals surface area contributed by atoms with Gasteiger partial charge in [-0.15, -0.1) is 0 Å². The zero-order valence-corrected chi connectivity index (χ0v) is 11.1. The van der Waals surface area contributed by atoms with Crippen molar-refractivity contribution < 1.29 is 0 Å². The second kappa shape index (κ2) is 4.82. The van der Waals surface area contributed by atoms with Crippen LogP contribution in [0.5, 0.6) is 0 Å². The molecule has 96 valence electrons. The Bertz CT molecular complexity index is 629. The molecule has 2 rings (SSSR count). The number of hydrogen-bond donors (Lipinski definition) is 1. The van der Waals surface area contributed by atoms with E-state index in [1.54, 1.807) is 0 Å². The number of nitrogens with two attached hydrogens (primary N) is 1. The maximum atomic E-state index is 12.2. The largest absolute Gasteiger partial charge is 0.399 e. The predicted molar refractivity (Wildman–Crippen MR) is 75.9 cm³/mol. The van der Waals surface area contributed by atoms with Crippen LogP contribution in [0.1, 0.15) is 5.56 Å². The third-order valence-corrected chi connectivity index (χ3v) is 3.07. The minimum absolute atomic E-state index is 0.0779. The van der Waals surface area contributed by atoms with Gasteiger partial charge in [0.25, 0.3) is 5.56 Å². The summed E-state index contributed by atoms with van der Waals surface area (Å²) in [4.78, 5) is 14.3. The fourth-order valence-corrected chi connectivity index (χ4v) is 2.07. The van der Waals surface area contributed by atoms with Gasteiger partial charge in [0.05, 0.1) is 5.52 Å². The van der Waals surface area contributed by atoms with Gasteiger partial charge in [0.2, 0.25) is 0 Å². The van der Waals surface area contributed by atoms with Crippen molar-refractivity contribution in [2.75, 3.05) is 26.4 Å². The minimum atomic E-state index is 0.0779. The van der Waals surface area contributed by atoms with Crippen molar-refractivity contribution in [1.29, 1.82) is 0 Å². The Balaban J connectivity index is 2.61. The van der Waals surface area contributed by atoms with Crippen LogP contribution < -0.4 is 11.3 Å². The Kier molecular flexibility index (Phi) is 3.39. The highest BCUT2D eigenvalue weighted by Crippen LogP contribution is 2.17. The fourth-order valence-electron chi connectivity index (χ4n) is 2.07. The molecule has 0 amide bonds. The molecule has 2 aromatic rings. The van der Waals surface area contributed by atoms with Crippen LogP contribution in [0.25, 0.3) is 10.9 Å². The average Bonchev–Trinajstić information content (AvgIpc) is 2.29. The Morgan fingerprint density at radius 1 is 1.28 bits per heavy atom. The number of nitrogens with zero attached hydrogens (tertiary/aromatic N) is 2. The van der Waals surface area contributed by atoms with Crippen molar-refractivity contribution in [2.24, 2.45) is 0 Å². The van der Waals surface area contributed by atoms with E-state index in [4.69, 9.17) is 5.73 Å². The Hall–Kier alpha value is -1.81. The van der Waals surface area contributed by atoms with Crippen molar-refractivity contribution in [1.82, 2.24) is 9.47 Å². The molecule has 1 aromatic carbocycles. The van der Waals surface area contributed by atoms with E-state index in [-0.39, 0.29) is 5.56 Å². The number of nitrogen functional groups attached to an aromatic ring is 1. The number of aromatic nitrogens is 1. The lowest BCUT2D eigenvalue weighted by Crippen LogP contribution is -2.28. The monoisotopic (exact) mass is 245 g/mol. The van der Waals surface area contributed by atoms with Gasteiger partial charge in [-0.3, -0.25) is 4.79 Å². The number of benzene rings is 1. The van der Waals surface area contributed by atoms with Crippen molar-refractivity contribution >= 4 is 16.6 Å². The summed E-state index contributed by atoms with van der Waals surface area (Å²) >= 11 is 0. The van der Waals surface area contributed by atoms with E-state index in [1.165, 1.54) is 0 Å². The van der Waals surface area contributed by atoms with Crippen LogP contribution in [0.2, 0.25) is 0 Å². The molecular weight excluding hydrogens is 226 g/mol. The van der Waals surface area contributed by atoms with Crippen LogP contribution >= 0.6 is 0 Å². The van der Waals surface area contributed by atoms with Gasteiger partial charge in [-0.05, 0) is 45.3 Å². The van der Waals surface area contributed by atoms with Crippen LogP contribution in [-0.2, 0) is 6.54 Å². The van der Waals surface area contributed by atoms with Crippen LogP contribution in [0.15, 0.2) is 29.1 Å². The molecule has 1 heterocycles. The van der Waals surface area contributed by atoms with E-state index >= 15 is 0 Å². The Morgan fingerprint density at radius 3 is 2.67 bits per heavy atom. The second-order valence-corrected chi connectivity index (χ2v) is 4.91. The summed E-state index contributed by atoms with van der Waals surface area (Å²) < 4.78 is 1.82. The van der Waals surface area contributed by atoms with E-state index in [0.29, 0.717) is 6.54 Å². The topological polar surface area (TPSA) is 51.3 Å². The van der Waals surface area contributed by atoms with Crippen LogP contribution in [0.3, 0.4) is 0 Å². The molecule has 4 nitrogen and oxygen atoms in total. The summed E-state index contributed by atoms with van der Waals surface area (Å²) in [5, 5.41) is 1.02. The zero-order chi connectivity index (χ0) is 13.3. The Labute approximate surface area is 107 Å². The van der Waals surface area contributed by atoms with Gasteiger partial charge in [-0.2, -0.15) is 0 Å². The smallest absolute Gasteiger partial charge is 0.253 e. The van der Waals surface area contributed by atoms with E-state index < -0.39 is 0 Å². The van der Waals surface area contributed by atoms with Gasteiger partial charge >= 0.3 is 0 Å². The van der Waals surface area contributed by atoms with Gasteiger partial charge in [-0.25, -0.2) is 0 Å². The lowest BCUT2D eigenvalue weighted by atomic mass is 10.1. The summed E-state index contributed by atoms with van der Waals surface area (Å²) in [5.74, 6) is 0. The average molecular weight is 245 g/mol. The third kappa shape index (κ3) is 2.38. The minimum Gasteiger partial charge on any atom is -0.399 e. The quantitative estimate of drug-likeness (QED) is 0.833. The molecule has 0 bridgehead atoms. The first kappa shape index (κ1) is 12.6. The lowest BCUT2D eigenvalue weighted by molar-refractivity contribution is 0.384. The molecule has 2 N–H and O–H groups in total. The normalized spacial score (nSPS) is 11.3. The number of likely N-dealkylation sites (N-methyl/N-ethyl adjacent to an activating group) is 1. The first-order valence-electron chi connectivity index (χ1n) is 6.03. The van der Waals surface area contributed by atoms with Gasteiger partial charge in [0.15, 0.2) is 0 Å². The van der Waals surface area contributed by atoms with Gasteiger partial charge in [0, 0.05) is 29.7 Å². The van der Waals surface area contributed by atoms with Gasteiger partial charge in [-0.1, -0.05) is 0 Å². The molecule has 0 fully saturated rings. The Morgan fingerprint density at radius 2 is 2.00 bits per heavy atom. The third-order valence-electron chi connectivity index (χ3n) is 3.07. The molecule has 0 spiro atoms. The highest BCUT2D eigenvalue weighted by molar-refractivity contribution is 5.82. The number of pyridine rings is 1. The molecule has 0 unspecified atom stereocenters. The summed E-state index contributed by atoms with van der Waals surface area (Å²) in [7, 11) is 4.00. The first-order valence-corrected chi connectivity index (χ1v) is 6.03. The number of aryl methyl sites for hydroxylation is 1. The van der Waals surface area contributed by atoms with Gasteiger partial charge in [0.1, 0.15) is 0 Å². The summed E-state index contributed by atoms with van der Waals surface area (Å²) in [6.07, 6.45) is 0. The molecule has 0 aliphatic heterocycles. The number of anilines is 1. The van der Waals surface area contributed by atoms with Crippen LogP contribution in [0.4, 0.5) is 5.69 Å². The molecular formula is C14H19N3O. The van der Waals surface area contributed by atoms with Crippen molar-refractivity contribution in [3.8, 4) is 0 Å². The predicted octanol–water partition coefficient (Wildman–Crippen LogP) is 1.45. The number of hydrogen-bond acceptors (Lipinski definition) is 3. The van der Waals surface area contributed by atoms with Crippen LogP contribution in [-0.4, -0.2) is 30.1 Å². The van der Waals surface area contributed by atoms with E-state index in [9.17, 15) is 4.79 Å². The summed E-state index contributed by atoms with van der Waals surface area (Å²) in [6, 6.07) is 7.57. The molecule has 0 radical (unpaired) electrons. The number of rotatable bonds is 3. The van der Waals surface area contributed by atoms with Crippen molar-refractivity contribution in [3.05, 3.63) is 40.2 Å². The first-order chi connectivity index (χ1) is 8.49. The van der Waals surface area contributed by atoms with Crippen LogP contribution in [0, 0.1) is 6.92 Å². The molecule has 0 aliphatic carbocycles. The zero-order valence-electron chi connectivity index (χ0n) is 11.1. The standard InChI is InChI=1S/C14H19N3O/c1-10-8-11-9-12(15)4-5-13(11)17(14(10)18)7-6-16(2)3/h4-5,8-9H,6-7,15H2,1-3H3. The highest BCUT2D eigenvalue weighted by atomic mass is 16.1. The maximum absolute atomic E-state index is 12.2. The molecule has 0 atom stereocenters. The molecule has 1 aromatic heterocycles. The highest BCUT2D eigenvalue weighted by Gasteiger charge is 2.07. The van der Waals surface area contributed by atoms with Crippen molar-refractivity contribution in [2.45, 2.75) is 13.5 Å². The summed E-state index contributed by atoms with van der Waals surface area (Å²) in [5.41, 5.74) is 8.29. The SMILES string of the molecule is Cc1cc2cc(N)ccc2n(CCN(C)C)c1=O.